The second-order valence-corrected chi connectivity index (χ2v) is 12.2. The van der Waals surface area contributed by atoms with Crippen LogP contribution in [0.3, 0.4) is 0 Å². The minimum absolute atomic E-state index is 0.441. The molecule has 4 heterocycles. The third-order valence-electron chi connectivity index (χ3n) is 10.1. The summed E-state index contributed by atoms with van der Waals surface area (Å²) in [5.74, 6) is 3.37. The Bertz CT molecular complexity index is 947. The molecule has 0 spiro atoms. The van der Waals surface area contributed by atoms with E-state index in [0.29, 0.717) is 12.1 Å². The molecule has 3 aliphatic heterocycles. The largest absolute Gasteiger partial charge is 0.323 e. The van der Waals surface area contributed by atoms with Crippen LogP contribution < -0.4 is 5.32 Å². The summed E-state index contributed by atoms with van der Waals surface area (Å²) in [7, 11) is 0. The van der Waals surface area contributed by atoms with Crippen LogP contribution in [-0.4, -0.2) is 39.1 Å². The summed E-state index contributed by atoms with van der Waals surface area (Å²) in [5.41, 5.74) is 2.58. The first-order valence-electron chi connectivity index (χ1n) is 14.3. The van der Waals surface area contributed by atoms with Gasteiger partial charge in [-0.25, -0.2) is 4.98 Å². The van der Waals surface area contributed by atoms with Crippen molar-refractivity contribution in [1.82, 2.24) is 19.8 Å². The van der Waals surface area contributed by atoms with Crippen LogP contribution in [0.1, 0.15) is 108 Å². The van der Waals surface area contributed by atoms with Crippen LogP contribution in [0.5, 0.6) is 0 Å². The average molecular weight is 447 g/mol. The smallest absolute Gasteiger partial charge is 0.127 e. The van der Waals surface area contributed by atoms with E-state index < -0.39 is 0 Å². The molecule has 4 nitrogen and oxygen atoms in total. The molecule has 4 heteroatoms. The number of imidazole rings is 1. The molecule has 2 saturated carbocycles. The molecule has 7 atom stereocenters. The third-order valence-corrected chi connectivity index (χ3v) is 10.1. The fraction of sp³-hybridized carbons (Fsp3) is 0.759. The summed E-state index contributed by atoms with van der Waals surface area (Å²) in [4.78, 5) is 8.32. The van der Waals surface area contributed by atoms with Crippen molar-refractivity contribution in [2.45, 2.75) is 120 Å². The molecule has 1 aromatic heterocycles. The minimum Gasteiger partial charge on any atom is -0.323 e. The standard InChI is InChI=1S/C29H42N4/c1-2-8-21-15-20(7-1)16-24(17-21)32-22-9-5-10-23(32)19-25(18-22)33-28-13-4-3-11-26(28)31-29(33)27-12-6-14-30-27/h3-4,11,13,20-25,27,30H,1-2,5-10,12,14-19H2/t20-,21+,22-,23+,24-,25+,27-/m1/s1. The highest BCUT2D eigenvalue weighted by atomic mass is 15.3. The monoisotopic (exact) mass is 446 g/mol. The highest BCUT2D eigenvalue weighted by molar-refractivity contribution is 5.76. The predicted octanol–water partition coefficient (Wildman–Crippen LogP) is 6.38. The maximum Gasteiger partial charge on any atom is 0.127 e. The number of piperidine rings is 2. The van der Waals surface area contributed by atoms with E-state index in [1.165, 1.54) is 100 Å². The molecule has 0 amide bonds. The molecule has 2 aromatic rings. The zero-order chi connectivity index (χ0) is 21.8. The maximum atomic E-state index is 5.21. The van der Waals surface area contributed by atoms with E-state index in [2.05, 4.69) is 39.0 Å². The highest BCUT2D eigenvalue weighted by Gasteiger charge is 2.45. The number of para-hydroxylation sites is 2. The number of nitrogens with zero attached hydrogens (tertiary/aromatic N) is 3. The van der Waals surface area contributed by atoms with E-state index in [9.17, 15) is 0 Å². The Hall–Kier alpha value is -1.39. The van der Waals surface area contributed by atoms with Gasteiger partial charge in [-0.15, -0.1) is 0 Å². The van der Waals surface area contributed by atoms with Gasteiger partial charge in [0.2, 0.25) is 0 Å². The first-order chi connectivity index (χ1) is 16.3. The van der Waals surface area contributed by atoms with Crippen molar-refractivity contribution in [2.75, 3.05) is 6.54 Å². The van der Waals surface area contributed by atoms with E-state index in [0.717, 1.165) is 36.5 Å². The quantitative estimate of drug-likeness (QED) is 0.594. The van der Waals surface area contributed by atoms with E-state index in [-0.39, 0.29) is 0 Å². The first kappa shape index (κ1) is 20.9. The zero-order valence-electron chi connectivity index (χ0n) is 20.3. The van der Waals surface area contributed by atoms with Gasteiger partial charge in [-0.3, -0.25) is 4.90 Å². The molecule has 5 aliphatic rings. The van der Waals surface area contributed by atoms with Gasteiger partial charge in [0.15, 0.2) is 0 Å². The van der Waals surface area contributed by atoms with Crippen LogP contribution in [0.25, 0.3) is 11.0 Å². The van der Waals surface area contributed by atoms with E-state index in [1.54, 1.807) is 6.42 Å². The summed E-state index contributed by atoms with van der Waals surface area (Å²) < 4.78 is 2.71. The molecule has 5 fully saturated rings. The number of hydrogen-bond donors (Lipinski definition) is 1. The molecule has 4 bridgehead atoms. The van der Waals surface area contributed by atoms with Gasteiger partial charge in [0.25, 0.3) is 0 Å². The van der Waals surface area contributed by atoms with Crippen LogP contribution >= 0.6 is 0 Å². The second kappa shape index (κ2) is 8.68. The van der Waals surface area contributed by atoms with Crippen molar-refractivity contribution in [3.63, 3.8) is 0 Å². The summed E-state index contributed by atoms with van der Waals surface area (Å²) in [6, 6.07) is 12.4. The number of hydrogen-bond acceptors (Lipinski definition) is 3. The van der Waals surface area contributed by atoms with Gasteiger partial charge < -0.3 is 9.88 Å². The second-order valence-electron chi connectivity index (χ2n) is 12.2. The number of benzene rings is 1. The van der Waals surface area contributed by atoms with Gasteiger partial charge in [-0.1, -0.05) is 44.2 Å². The molecule has 3 saturated heterocycles. The van der Waals surface area contributed by atoms with Gasteiger partial charge >= 0.3 is 0 Å². The molecule has 2 aliphatic carbocycles. The lowest BCUT2D eigenvalue weighted by molar-refractivity contribution is -0.0421. The van der Waals surface area contributed by atoms with Crippen LogP contribution in [0.2, 0.25) is 0 Å². The number of aromatic nitrogens is 2. The van der Waals surface area contributed by atoms with Crippen molar-refractivity contribution in [2.24, 2.45) is 11.8 Å². The minimum atomic E-state index is 0.441. The van der Waals surface area contributed by atoms with Crippen molar-refractivity contribution in [3.05, 3.63) is 30.1 Å². The van der Waals surface area contributed by atoms with Crippen molar-refractivity contribution < 1.29 is 0 Å². The topological polar surface area (TPSA) is 33.1 Å². The Morgan fingerprint density at radius 2 is 1.45 bits per heavy atom. The number of fused-ring (bicyclic) bond motifs is 5. The predicted molar refractivity (Wildman–Crippen MR) is 134 cm³/mol. The first-order valence-corrected chi connectivity index (χ1v) is 14.3. The molecular formula is C29H42N4. The van der Waals surface area contributed by atoms with Crippen molar-refractivity contribution in [1.29, 1.82) is 0 Å². The Balaban J connectivity index is 1.19. The van der Waals surface area contributed by atoms with Crippen LogP contribution in [0.4, 0.5) is 0 Å². The zero-order valence-corrected chi connectivity index (χ0v) is 20.3. The summed E-state index contributed by atoms with van der Waals surface area (Å²) >= 11 is 0. The van der Waals surface area contributed by atoms with Gasteiger partial charge in [0.05, 0.1) is 17.1 Å². The van der Waals surface area contributed by atoms with Crippen LogP contribution in [0.15, 0.2) is 24.3 Å². The van der Waals surface area contributed by atoms with E-state index >= 15 is 0 Å². The van der Waals surface area contributed by atoms with E-state index in [1.807, 2.05) is 0 Å². The molecule has 1 aromatic carbocycles. The highest BCUT2D eigenvalue weighted by Crippen LogP contribution is 2.47. The van der Waals surface area contributed by atoms with E-state index in [4.69, 9.17) is 4.98 Å². The van der Waals surface area contributed by atoms with Crippen LogP contribution in [0, 0.1) is 11.8 Å². The average Bonchev–Trinajstić information content (AvgIpc) is 3.45. The summed E-state index contributed by atoms with van der Waals surface area (Å²) in [5, 5.41) is 3.76. The SMILES string of the molecule is c1ccc2c(c1)nc([C@H]1CCCN1)n2[C@H]1C[C@H]2CCC[C@@H](C1)N2[C@@H]1C[C@@H]2CCCC[C@@H](C2)C1. The van der Waals surface area contributed by atoms with Gasteiger partial charge in [-0.2, -0.15) is 0 Å². The Labute approximate surface area is 199 Å². The van der Waals surface area contributed by atoms with Gasteiger partial charge in [0.1, 0.15) is 5.82 Å². The molecule has 1 N–H and O–H groups in total. The Morgan fingerprint density at radius 1 is 0.697 bits per heavy atom. The lowest BCUT2D eigenvalue weighted by Gasteiger charge is -2.54. The fourth-order valence-electron chi connectivity index (χ4n) is 8.90. The van der Waals surface area contributed by atoms with Gasteiger partial charge in [0, 0.05) is 24.2 Å². The molecular weight excluding hydrogens is 404 g/mol. The number of nitrogens with one attached hydrogen (secondary N) is 1. The normalized spacial score (nSPS) is 39.6. The van der Waals surface area contributed by atoms with Crippen LogP contribution in [-0.2, 0) is 0 Å². The molecule has 7 rings (SSSR count). The summed E-state index contributed by atoms with van der Waals surface area (Å²) in [6.07, 6.45) is 20.0. The third kappa shape index (κ3) is 3.76. The maximum absolute atomic E-state index is 5.21. The Kier molecular flexibility index (Phi) is 5.51. The molecule has 0 unspecified atom stereocenters. The lowest BCUT2D eigenvalue weighted by Crippen LogP contribution is -2.58. The Morgan fingerprint density at radius 3 is 2.18 bits per heavy atom. The molecule has 178 valence electrons. The molecule has 0 radical (unpaired) electrons. The number of rotatable bonds is 3. The van der Waals surface area contributed by atoms with Gasteiger partial charge in [-0.05, 0) is 88.3 Å². The van der Waals surface area contributed by atoms with Crippen molar-refractivity contribution >= 4 is 11.0 Å². The fourth-order valence-corrected chi connectivity index (χ4v) is 8.90. The van der Waals surface area contributed by atoms with Crippen molar-refractivity contribution in [3.8, 4) is 0 Å². The lowest BCUT2D eigenvalue weighted by atomic mass is 9.73. The molecule has 33 heavy (non-hydrogen) atoms. The summed E-state index contributed by atoms with van der Waals surface area (Å²) in [6.45, 7) is 1.14.